The van der Waals surface area contributed by atoms with Gasteiger partial charge < -0.3 is 10.4 Å². The maximum absolute atomic E-state index is 10.8. The van der Waals surface area contributed by atoms with E-state index in [1.54, 1.807) is 24.3 Å². The van der Waals surface area contributed by atoms with Crippen LogP contribution in [-0.4, -0.2) is 28.0 Å². The monoisotopic (exact) mass is 246 g/mol. The molecule has 0 unspecified atom stereocenters. The van der Waals surface area contributed by atoms with E-state index in [9.17, 15) is 4.79 Å². The van der Waals surface area contributed by atoms with Crippen molar-refractivity contribution < 1.29 is 9.90 Å². The summed E-state index contributed by atoms with van der Waals surface area (Å²) < 4.78 is 0. The lowest BCUT2D eigenvalue weighted by Gasteiger charge is -2.32. The number of nitrogens with one attached hydrogen (secondary N) is 1. The van der Waals surface area contributed by atoms with Gasteiger partial charge in [-0.15, -0.1) is 0 Å². The molecule has 0 aliphatic carbocycles. The standard InChI is InChI=1S/C14H18N2O2/c1-13(2)14(3,4)16-11(15-13)9-5-7-10(8-6-9)12(17)18/h5-8H,1-4H3,(H,15,16)(H,17,18). The zero-order valence-electron chi connectivity index (χ0n) is 11.1. The zero-order chi connectivity index (χ0) is 13.6. The molecule has 1 aliphatic heterocycles. The number of rotatable bonds is 2. The Hall–Kier alpha value is -1.84. The quantitative estimate of drug-likeness (QED) is 0.841. The number of aromatic carboxylic acids is 1. The topological polar surface area (TPSA) is 61.7 Å². The third kappa shape index (κ3) is 1.98. The van der Waals surface area contributed by atoms with Crippen LogP contribution in [0.2, 0.25) is 0 Å². The normalized spacial score (nSPS) is 20.1. The summed E-state index contributed by atoms with van der Waals surface area (Å²) in [5, 5.41) is 12.2. The molecule has 2 N–H and O–H groups in total. The van der Waals surface area contributed by atoms with Gasteiger partial charge in [0.15, 0.2) is 0 Å². The van der Waals surface area contributed by atoms with E-state index in [4.69, 9.17) is 5.11 Å². The summed E-state index contributed by atoms with van der Waals surface area (Å²) >= 11 is 0. The van der Waals surface area contributed by atoms with Crippen LogP contribution < -0.4 is 5.32 Å². The highest BCUT2D eigenvalue weighted by Gasteiger charge is 2.42. The number of benzene rings is 1. The second kappa shape index (κ2) is 3.83. The third-order valence-electron chi connectivity index (χ3n) is 3.76. The lowest BCUT2D eigenvalue weighted by molar-refractivity contribution is 0.0697. The molecule has 96 valence electrons. The van der Waals surface area contributed by atoms with Gasteiger partial charge in [-0.25, -0.2) is 4.79 Å². The van der Waals surface area contributed by atoms with Gasteiger partial charge in [0.2, 0.25) is 0 Å². The van der Waals surface area contributed by atoms with Crippen molar-refractivity contribution in [2.24, 2.45) is 4.99 Å². The van der Waals surface area contributed by atoms with Crippen molar-refractivity contribution in [1.82, 2.24) is 5.32 Å². The Balaban J connectivity index is 2.32. The Morgan fingerprint density at radius 2 is 1.72 bits per heavy atom. The fourth-order valence-electron chi connectivity index (χ4n) is 1.80. The number of carboxylic acids is 1. The fraction of sp³-hybridized carbons (Fsp3) is 0.429. The van der Waals surface area contributed by atoms with Crippen molar-refractivity contribution in [2.75, 3.05) is 0 Å². The van der Waals surface area contributed by atoms with Crippen molar-refractivity contribution in [3.05, 3.63) is 35.4 Å². The van der Waals surface area contributed by atoms with Gasteiger partial charge >= 0.3 is 5.97 Å². The summed E-state index contributed by atoms with van der Waals surface area (Å²) in [6.07, 6.45) is 0. The first-order chi connectivity index (χ1) is 8.23. The van der Waals surface area contributed by atoms with Crippen LogP contribution in [0.4, 0.5) is 0 Å². The van der Waals surface area contributed by atoms with E-state index >= 15 is 0 Å². The van der Waals surface area contributed by atoms with Gasteiger partial charge in [-0.3, -0.25) is 4.99 Å². The van der Waals surface area contributed by atoms with Gasteiger partial charge in [0, 0.05) is 5.56 Å². The van der Waals surface area contributed by atoms with Gasteiger partial charge in [0.25, 0.3) is 0 Å². The van der Waals surface area contributed by atoms with Crippen molar-refractivity contribution in [3.63, 3.8) is 0 Å². The summed E-state index contributed by atoms with van der Waals surface area (Å²) in [5.74, 6) is -0.0922. The molecule has 1 aromatic rings. The van der Waals surface area contributed by atoms with E-state index in [-0.39, 0.29) is 16.6 Å². The second-order valence-electron chi connectivity index (χ2n) is 5.65. The van der Waals surface area contributed by atoms with Crippen molar-refractivity contribution >= 4 is 11.8 Å². The van der Waals surface area contributed by atoms with Crippen molar-refractivity contribution in [1.29, 1.82) is 0 Å². The lowest BCUT2D eigenvalue weighted by atomic mass is 9.85. The molecular weight excluding hydrogens is 228 g/mol. The molecule has 0 spiro atoms. The maximum atomic E-state index is 10.8. The molecule has 1 heterocycles. The van der Waals surface area contributed by atoms with E-state index in [0.717, 1.165) is 11.4 Å². The minimum absolute atomic E-state index is 0.117. The zero-order valence-corrected chi connectivity index (χ0v) is 11.1. The molecule has 4 heteroatoms. The van der Waals surface area contributed by atoms with Crippen LogP contribution in [0.1, 0.15) is 43.6 Å². The number of carbonyl (C=O) groups is 1. The van der Waals surface area contributed by atoms with E-state index in [1.165, 1.54) is 0 Å². The van der Waals surface area contributed by atoms with Gasteiger partial charge in [0.05, 0.1) is 16.6 Å². The van der Waals surface area contributed by atoms with E-state index in [0.29, 0.717) is 0 Å². The summed E-state index contributed by atoms with van der Waals surface area (Å²) in [6, 6.07) is 6.76. The molecular formula is C14H18N2O2. The average Bonchev–Trinajstić information content (AvgIpc) is 2.48. The molecule has 0 amide bonds. The molecule has 0 fully saturated rings. The molecule has 0 saturated carbocycles. The predicted molar refractivity (Wildman–Crippen MR) is 71.2 cm³/mol. The van der Waals surface area contributed by atoms with Crippen LogP contribution in [0.25, 0.3) is 0 Å². The molecule has 18 heavy (non-hydrogen) atoms. The Labute approximate surface area is 107 Å². The molecule has 0 aromatic heterocycles. The number of nitrogens with zero attached hydrogens (tertiary/aromatic N) is 1. The summed E-state index contributed by atoms with van der Waals surface area (Å²) in [5.41, 5.74) is 0.899. The number of hydrogen-bond donors (Lipinski definition) is 2. The highest BCUT2D eigenvalue weighted by Crippen LogP contribution is 2.31. The van der Waals surface area contributed by atoms with Gasteiger partial charge in [-0.1, -0.05) is 12.1 Å². The van der Waals surface area contributed by atoms with Gasteiger partial charge in [-0.2, -0.15) is 0 Å². The Morgan fingerprint density at radius 3 is 2.11 bits per heavy atom. The van der Waals surface area contributed by atoms with Crippen LogP contribution in [0, 0.1) is 0 Å². The van der Waals surface area contributed by atoms with Crippen LogP contribution in [0.3, 0.4) is 0 Å². The number of carboxylic acid groups (broad SMARTS) is 1. The summed E-state index contributed by atoms with van der Waals surface area (Å²) in [6.45, 7) is 8.38. The highest BCUT2D eigenvalue weighted by molar-refractivity contribution is 6.01. The lowest BCUT2D eigenvalue weighted by Crippen LogP contribution is -2.50. The summed E-state index contributed by atoms with van der Waals surface area (Å²) in [4.78, 5) is 15.5. The predicted octanol–water partition coefficient (Wildman–Crippen LogP) is 2.29. The van der Waals surface area contributed by atoms with Gasteiger partial charge in [-0.05, 0) is 39.8 Å². The Morgan fingerprint density at radius 1 is 1.17 bits per heavy atom. The second-order valence-corrected chi connectivity index (χ2v) is 5.65. The third-order valence-corrected chi connectivity index (χ3v) is 3.76. The molecule has 0 bridgehead atoms. The van der Waals surface area contributed by atoms with E-state index < -0.39 is 5.97 Å². The van der Waals surface area contributed by atoms with Crippen LogP contribution in [0.15, 0.2) is 29.3 Å². The SMILES string of the molecule is CC1(C)N=C(c2ccc(C(=O)O)cc2)NC1(C)C. The molecule has 1 aliphatic rings. The smallest absolute Gasteiger partial charge is 0.335 e. The van der Waals surface area contributed by atoms with E-state index in [2.05, 4.69) is 38.0 Å². The molecule has 1 aromatic carbocycles. The van der Waals surface area contributed by atoms with Crippen LogP contribution in [0.5, 0.6) is 0 Å². The molecule has 2 rings (SSSR count). The molecule has 0 radical (unpaired) electrons. The minimum Gasteiger partial charge on any atom is -0.478 e. The minimum atomic E-state index is -0.913. The number of amidine groups is 1. The first-order valence-electron chi connectivity index (χ1n) is 5.95. The number of aliphatic imine (C=N–C) groups is 1. The van der Waals surface area contributed by atoms with Crippen molar-refractivity contribution in [2.45, 2.75) is 38.8 Å². The Bertz CT molecular complexity index is 513. The molecule has 0 saturated heterocycles. The Kier molecular flexibility index (Phi) is 2.69. The van der Waals surface area contributed by atoms with Crippen LogP contribution in [-0.2, 0) is 0 Å². The number of hydrogen-bond acceptors (Lipinski definition) is 3. The maximum Gasteiger partial charge on any atom is 0.335 e. The van der Waals surface area contributed by atoms with Crippen molar-refractivity contribution in [3.8, 4) is 0 Å². The van der Waals surface area contributed by atoms with Crippen LogP contribution >= 0.6 is 0 Å². The first-order valence-corrected chi connectivity index (χ1v) is 5.95. The average molecular weight is 246 g/mol. The van der Waals surface area contributed by atoms with E-state index in [1.807, 2.05) is 0 Å². The van der Waals surface area contributed by atoms with Gasteiger partial charge in [0.1, 0.15) is 5.84 Å². The molecule has 0 atom stereocenters. The first kappa shape index (κ1) is 12.6. The molecule has 4 nitrogen and oxygen atoms in total. The fourth-order valence-corrected chi connectivity index (χ4v) is 1.80. The summed E-state index contributed by atoms with van der Waals surface area (Å²) in [7, 11) is 0. The largest absolute Gasteiger partial charge is 0.478 e. The highest BCUT2D eigenvalue weighted by atomic mass is 16.4.